The van der Waals surface area contributed by atoms with Crippen LogP contribution in [0, 0.1) is 0 Å². The summed E-state index contributed by atoms with van der Waals surface area (Å²) in [6.07, 6.45) is 5.11. The number of hydrogen-bond acceptors (Lipinski definition) is 3. The molecule has 0 amide bonds. The Bertz CT molecular complexity index is 693. The highest BCUT2D eigenvalue weighted by Gasteiger charge is 2.37. The minimum absolute atomic E-state index is 0.248. The number of fused-ring (bicyclic) bond motifs is 5. The molecule has 0 fully saturated rings. The second-order valence-electron chi connectivity index (χ2n) is 4.70. The molecule has 0 spiro atoms. The van der Waals surface area contributed by atoms with Crippen LogP contribution in [-0.2, 0) is 4.79 Å². The molecule has 0 saturated heterocycles. The zero-order valence-electron chi connectivity index (χ0n) is 10.2. The summed E-state index contributed by atoms with van der Waals surface area (Å²) in [4.78, 5) is 11.5. The molecule has 0 N–H and O–H groups in total. The highest BCUT2D eigenvalue weighted by atomic mass is 16.1. The van der Waals surface area contributed by atoms with Crippen molar-refractivity contribution in [2.75, 3.05) is 10.0 Å². The maximum absolute atomic E-state index is 11.5. The summed E-state index contributed by atoms with van der Waals surface area (Å²) in [5.41, 5.74) is 4.33. The van der Waals surface area contributed by atoms with Crippen LogP contribution in [0.25, 0.3) is 6.08 Å². The van der Waals surface area contributed by atoms with Gasteiger partial charge in [0.05, 0.1) is 11.4 Å². The lowest BCUT2D eigenvalue weighted by Crippen LogP contribution is -2.38. The number of hydrogen-bond donors (Lipinski definition) is 0. The number of nitrogens with zero attached hydrogens (tertiary/aromatic N) is 2. The molecule has 0 saturated carbocycles. The van der Waals surface area contributed by atoms with Gasteiger partial charge in [0.25, 0.3) is 0 Å². The minimum atomic E-state index is -0.248. The van der Waals surface area contributed by atoms with E-state index in [1.54, 1.807) is 0 Å². The van der Waals surface area contributed by atoms with E-state index in [4.69, 9.17) is 0 Å². The van der Waals surface area contributed by atoms with Crippen molar-refractivity contribution in [2.45, 2.75) is 6.04 Å². The number of rotatable bonds is 1. The molecule has 0 aliphatic carbocycles. The Hall–Kier alpha value is -2.55. The molecular weight excluding hydrogens is 236 g/mol. The van der Waals surface area contributed by atoms with E-state index in [9.17, 15) is 4.79 Å². The summed E-state index contributed by atoms with van der Waals surface area (Å²) in [7, 11) is 0. The average molecular weight is 248 g/mol. The van der Waals surface area contributed by atoms with E-state index in [0.29, 0.717) is 0 Å². The third-order valence-corrected chi connectivity index (χ3v) is 3.71. The maximum Gasteiger partial charge on any atom is 0.149 e. The molecule has 4 rings (SSSR count). The Kier molecular flexibility index (Phi) is 2.03. The second kappa shape index (κ2) is 3.72. The van der Waals surface area contributed by atoms with Crippen LogP contribution in [0.15, 0.2) is 54.7 Å². The number of para-hydroxylation sites is 2. The molecule has 2 aliphatic rings. The Morgan fingerprint density at radius 3 is 2.53 bits per heavy atom. The second-order valence-corrected chi connectivity index (χ2v) is 4.70. The fraction of sp³-hybridized carbons (Fsp3) is 0.0625. The van der Waals surface area contributed by atoms with E-state index in [0.717, 1.165) is 28.8 Å². The lowest BCUT2D eigenvalue weighted by molar-refractivity contribution is -0.108. The van der Waals surface area contributed by atoms with Crippen molar-refractivity contribution in [1.29, 1.82) is 0 Å². The topological polar surface area (TPSA) is 23.6 Å². The van der Waals surface area contributed by atoms with Gasteiger partial charge in [0.15, 0.2) is 0 Å². The summed E-state index contributed by atoms with van der Waals surface area (Å²) >= 11 is 0. The van der Waals surface area contributed by atoms with E-state index >= 15 is 0 Å². The van der Waals surface area contributed by atoms with E-state index in [2.05, 4.69) is 17.2 Å². The van der Waals surface area contributed by atoms with Gasteiger partial charge in [-0.05, 0) is 18.2 Å². The summed E-state index contributed by atoms with van der Waals surface area (Å²) in [6.45, 7) is 0. The van der Waals surface area contributed by atoms with E-state index in [-0.39, 0.29) is 6.04 Å². The van der Waals surface area contributed by atoms with Crippen molar-refractivity contribution in [2.24, 2.45) is 0 Å². The van der Waals surface area contributed by atoms with Crippen LogP contribution in [0.5, 0.6) is 0 Å². The number of aldehydes is 1. The highest BCUT2D eigenvalue weighted by molar-refractivity contribution is 5.87. The van der Waals surface area contributed by atoms with Gasteiger partial charge in [-0.25, -0.2) is 0 Å². The third-order valence-electron chi connectivity index (χ3n) is 3.71. The lowest BCUT2D eigenvalue weighted by Gasteiger charge is -2.35. The molecule has 2 heterocycles. The predicted octanol–water partition coefficient (Wildman–Crippen LogP) is 3.15. The van der Waals surface area contributed by atoms with Crippen molar-refractivity contribution in [1.82, 2.24) is 0 Å². The van der Waals surface area contributed by atoms with Crippen LogP contribution in [0.3, 0.4) is 0 Å². The van der Waals surface area contributed by atoms with Crippen LogP contribution in [0.4, 0.5) is 11.4 Å². The normalized spacial score (nSPS) is 18.8. The molecule has 1 unspecified atom stereocenters. The van der Waals surface area contributed by atoms with Crippen LogP contribution >= 0.6 is 0 Å². The highest BCUT2D eigenvalue weighted by Crippen LogP contribution is 2.45. The summed E-state index contributed by atoms with van der Waals surface area (Å²) < 4.78 is 0. The Balaban J connectivity index is 1.96. The average Bonchev–Trinajstić information content (AvgIpc) is 2.81. The Labute approximate surface area is 111 Å². The van der Waals surface area contributed by atoms with E-state index in [1.165, 1.54) is 0 Å². The van der Waals surface area contributed by atoms with Crippen molar-refractivity contribution in [3.8, 4) is 0 Å². The molecule has 2 aliphatic heterocycles. The predicted molar refractivity (Wildman–Crippen MR) is 75.7 cm³/mol. The van der Waals surface area contributed by atoms with Crippen molar-refractivity contribution >= 4 is 23.7 Å². The first-order valence-electron chi connectivity index (χ1n) is 6.30. The molecule has 1 atom stereocenters. The maximum atomic E-state index is 11.5. The van der Waals surface area contributed by atoms with Gasteiger partial charge in [-0.2, -0.15) is 0 Å². The Morgan fingerprint density at radius 2 is 1.68 bits per heavy atom. The molecule has 0 radical (unpaired) electrons. The van der Waals surface area contributed by atoms with Crippen LogP contribution in [-0.4, -0.2) is 6.29 Å². The first kappa shape index (κ1) is 10.4. The third kappa shape index (κ3) is 1.30. The molecule has 0 bridgehead atoms. The van der Waals surface area contributed by atoms with Gasteiger partial charge in [-0.1, -0.05) is 36.4 Å². The van der Waals surface area contributed by atoms with Gasteiger partial charge >= 0.3 is 0 Å². The van der Waals surface area contributed by atoms with Gasteiger partial charge in [0.2, 0.25) is 0 Å². The standard InChI is InChI=1S/C16H12N2O/c19-11-16-13-6-2-4-8-15(13)17-10-9-12-5-1-3-7-14(12)18(16)17/h1-11,16H. The van der Waals surface area contributed by atoms with Gasteiger partial charge in [0.1, 0.15) is 12.3 Å². The van der Waals surface area contributed by atoms with E-state index in [1.807, 2.05) is 53.7 Å². The van der Waals surface area contributed by atoms with Crippen LogP contribution in [0.2, 0.25) is 0 Å². The molecule has 2 aromatic carbocycles. The summed E-state index contributed by atoms with van der Waals surface area (Å²) in [5, 5.41) is 4.10. The van der Waals surface area contributed by atoms with Crippen molar-refractivity contribution in [3.05, 3.63) is 65.9 Å². The number of benzene rings is 2. The van der Waals surface area contributed by atoms with Crippen LogP contribution < -0.4 is 10.0 Å². The zero-order valence-corrected chi connectivity index (χ0v) is 10.2. The SMILES string of the molecule is O=CC1c2ccccc2N2C=Cc3ccccc3N12. The largest absolute Gasteiger partial charge is 0.301 e. The zero-order chi connectivity index (χ0) is 12.8. The monoisotopic (exact) mass is 248 g/mol. The first-order chi connectivity index (χ1) is 9.40. The molecule has 2 aromatic rings. The molecule has 92 valence electrons. The lowest BCUT2D eigenvalue weighted by atomic mass is 10.1. The smallest absolute Gasteiger partial charge is 0.149 e. The Morgan fingerprint density at radius 1 is 0.947 bits per heavy atom. The summed E-state index contributed by atoms with van der Waals surface area (Å²) in [5.74, 6) is 0. The molecule has 3 nitrogen and oxygen atoms in total. The quantitative estimate of drug-likeness (QED) is 0.724. The number of hydrazine groups is 1. The van der Waals surface area contributed by atoms with Gasteiger partial charge < -0.3 is 4.79 Å². The fourth-order valence-electron chi connectivity index (χ4n) is 2.87. The first-order valence-corrected chi connectivity index (χ1v) is 6.30. The number of carbonyl (C=O) groups excluding carboxylic acids is 1. The van der Waals surface area contributed by atoms with Crippen LogP contribution in [0.1, 0.15) is 17.2 Å². The number of carbonyl (C=O) groups is 1. The summed E-state index contributed by atoms with van der Waals surface area (Å²) in [6, 6.07) is 15.9. The number of anilines is 2. The van der Waals surface area contributed by atoms with Crippen molar-refractivity contribution < 1.29 is 4.79 Å². The fourth-order valence-corrected chi connectivity index (χ4v) is 2.87. The van der Waals surface area contributed by atoms with Gasteiger partial charge in [0, 0.05) is 17.3 Å². The van der Waals surface area contributed by atoms with Gasteiger partial charge in [-0.15, -0.1) is 0 Å². The van der Waals surface area contributed by atoms with Crippen molar-refractivity contribution in [3.63, 3.8) is 0 Å². The molecule has 3 heteroatoms. The molecule has 19 heavy (non-hydrogen) atoms. The molecular formula is C16H12N2O. The van der Waals surface area contributed by atoms with Gasteiger partial charge in [-0.3, -0.25) is 10.0 Å². The minimum Gasteiger partial charge on any atom is -0.301 e. The molecule has 0 aromatic heterocycles. The van der Waals surface area contributed by atoms with E-state index < -0.39 is 0 Å².